The molecule has 0 radical (unpaired) electrons. The average molecular weight is 464 g/mol. The number of thioether (sulfide) groups is 1. The predicted octanol–water partition coefficient (Wildman–Crippen LogP) is 5.40. The van der Waals surface area contributed by atoms with Crippen LogP contribution in [0.4, 0.5) is 0 Å². The van der Waals surface area contributed by atoms with Crippen LogP contribution < -0.4 is 10.9 Å². The summed E-state index contributed by atoms with van der Waals surface area (Å²) in [4.78, 5) is 31.0. The molecular formula is C25H22ClN3O2S. The van der Waals surface area contributed by atoms with Gasteiger partial charge in [0.25, 0.3) is 5.56 Å². The molecule has 2 unspecified atom stereocenters. The summed E-state index contributed by atoms with van der Waals surface area (Å²) >= 11 is 7.64. The molecule has 1 heterocycles. The molecule has 0 aliphatic rings. The number of nitrogens with zero attached hydrogens (tertiary/aromatic N) is 2. The average Bonchev–Trinajstić information content (AvgIpc) is 2.80. The van der Waals surface area contributed by atoms with Gasteiger partial charge in [-0.05, 0) is 43.7 Å². The Morgan fingerprint density at radius 1 is 0.969 bits per heavy atom. The van der Waals surface area contributed by atoms with Gasteiger partial charge in [-0.3, -0.25) is 14.2 Å². The van der Waals surface area contributed by atoms with E-state index in [1.165, 1.54) is 16.3 Å². The first kappa shape index (κ1) is 22.1. The molecule has 0 fully saturated rings. The fourth-order valence-electron chi connectivity index (χ4n) is 3.40. The zero-order valence-electron chi connectivity index (χ0n) is 17.7. The lowest BCUT2D eigenvalue weighted by atomic mass is 10.1. The monoisotopic (exact) mass is 463 g/mol. The van der Waals surface area contributed by atoms with Crippen molar-refractivity contribution in [2.24, 2.45) is 0 Å². The quantitative estimate of drug-likeness (QED) is 0.307. The lowest BCUT2D eigenvalue weighted by Crippen LogP contribution is -2.33. The highest BCUT2D eigenvalue weighted by molar-refractivity contribution is 8.00. The molecule has 0 aliphatic heterocycles. The van der Waals surface area contributed by atoms with E-state index in [9.17, 15) is 9.59 Å². The van der Waals surface area contributed by atoms with Gasteiger partial charge < -0.3 is 5.32 Å². The Bertz CT molecular complexity index is 1320. The van der Waals surface area contributed by atoms with Crippen LogP contribution in [0.2, 0.25) is 5.02 Å². The zero-order chi connectivity index (χ0) is 22.7. The van der Waals surface area contributed by atoms with Crippen LogP contribution >= 0.6 is 23.4 Å². The second kappa shape index (κ2) is 9.59. The number of hydrogen-bond acceptors (Lipinski definition) is 4. The summed E-state index contributed by atoms with van der Waals surface area (Å²) in [6.07, 6.45) is 0. The molecule has 2 atom stereocenters. The van der Waals surface area contributed by atoms with Crippen LogP contribution in [-0.2, 0) is 4.79 Å². The number of rotatable bonds is 6. The maximum atomic E-state index is 13.4. The van der Waals surface area contributed by atoms with E-state index < -0.39 is 5.25 Å². The normalized spacial score (nSPS) is 13.0. The van der Waals surface area contributed by atoms with Crippen LogP contribution in [0, 0.1) is 0 Å². The molecule has 3 aromatic carbocycles. The standard InChI is InChI=1S/C25H22ClN3O2S/c1-16(18-10-4-3-5-11-18)27-23(30)17(2)32-25-28-21-14-8-6-12-19(21)24(31)29(25)22-15-9-7-13-20(22)26/h3-17H,1-2H3,(H,27,30). The SMILES string of the molecule is CC(Sc1nc2ccccc2c(=O)n1-c1ccccc1Cl)C(=O)NC(C)c1ccccc1. The van der Waals surface area contributed by atoms with Crippen molar-refractivity contribution in [1.82, 2.24) is 14.9 Å². The molecule has 4 rings (SSSR count). The van der Waals surface area contributed by atoms with Gasteiger partial charge >= 0.3 is 0 Å². The Labute approximate surface area is 195 Å². The highest BCUT2D eigenvalue weighted by Crippen LogP contribution is 2.28. The first-order valence-corrected chi connectivity index (χ1v) is 11.5. The maximum absolute atomic E-state index is 13.4. The third kappa shape index (κ3) is 4.56. The van der Waals surface area contributed by atoms with Crippen LogP contribution in [0.3, 0.4) is 0 Å². The largest absolute Gasteiger partial charge is 0.349 e. The number of fused-ring (bicyclic) bond motifs is 1. The number of carbonyl (C=O) groups is 1. The second-order valence-corrected chi connectivity index (χ2v) is 9.12. The first-order valence-electron chi connectivity index (χ1n) is 10.2. The van der Waals surface area contributed by atoms with E-state index in [0.29, 0.717) is 26.8 Å². The molecule has 0 saturated carbocycles. The fourth-order valence-corrected chi connectivity index (χ4v) is 4.55. The molecule has 0 bridgehead atoms. The number of para-hydroxylation sites is 2. The van der Waals surface area contributed by atoms with Crippen molar-refractivity contribution in [2.75, 3.05) is 0 Å². The summed E-state index contributed by atoms with van der Waals surface area (Å²) in [5, 5.41) is 3.89. The minimum atomic E-state index is -0.483. The van der Waals surface area contributed by atoms with Gasteiger partial charge in [-0.15, -0.1) is 0 Å². The molecular weight excluding hydrogens is 442 g/mol. The number of halogens is 1. The number of hydrogen-bond donors (Lipinski definition) is 1. The maximum Gasteiger partial charge on any atom is 0.266 e. The van der Waals surface area contributed by atoms with Crippen molar-refractivity contribution in [3.05, 3.63) is 99.8 Å². The van der Waals surface area contributed by atoms with E-state index >= 15 is 0 Å². The zero-order valence-corrected chi connectivity index (χ0v) is 19.2. The van der Waals surface area contributed by atoms with Gasteiger partial charge in [-0.1, -0.05) is 78.0 Å². The molecule has 0 aliphatic carbocycles. The third-order valence-corrected chi connectivity index (χ3v) is 6.52. The van der Waals surface area contributed by atoms with Crippen molar-refractivity contribution >= 4 is 40.2 Å². The number of aromatic nitrogens is 2. The Kier molecular flexibility index (Phi) is 6.63. The van der Waals surface area contributed by atoms with Gasteiger partial charge in [0.2, 0.25) is 5.91 Å². The number of benzene rings is 3. The van der Waals surface area contributed by atoms with Gasteiger partial charge in [0.1, 0.15) is 0 Å². The highest BCUT2D eigenvalue weighted by Gasteiger charge is 2.22. The lowest BCUT2D eigenvalue weighted by molar-refractivity contribution is -0.120. The predicted molar refractivity (Wildman–Crippen MR) is 131 cm³/mol. The Hall–Kier alpha value is -3.09. The summed E-state index contributed by atoms with van der Waals surface area (Å²) in [5.74, 6) is -0.139. The molecule has 1 N–H and O–H groups in total. The summed E-state index contributed by atoms with van der Waals surface area (Å²) in [7, 11) is 0. The summed E-state index contributed by atoms with van der Waals surface area (Å²) < 4.78 is 1.49. The van der Waals surface area contributed by atoms with Crippen molar-refractivity contribution in [3.63, 3.8) is 0 Å². The Morgan fingerprint density at radius 3 is 2.38 bits per heavy atom. The van der Waals surface area contributed by atoms with E-state index in [-0.39, 0.29) is 17.5 Å². The Morgan fingerprint density at radius 2 is 1.62 bits per heavy atom. The molecule has 4 aromatic rings. The lowest BCUT2D eigenvalue weighted by Gasteiger charge is -2.19. The molecule has 7 heteroatoms. The molecule has 1 amide bonds. The van der Waals surface area contributed by atoms with Crippen LogP contribution in [-0.4, -0.2) is 20.7 Å². The number of nitrogens with one attached hydrogen (secondary N) is 1. The van der Waals surface area contributed by atoms with Crippen LogP contribution in [0.5, 0.6) is 0 Å². The second-order valence-electron chi connectivity index (χ2n) is 7.40. The molecule has 0 saturated heterocycles. The van der Waals surface area contributed by atoms with Crippen molar-refractivity contribution in [1.29, 1.82) is 0 Å². The summed E-state index contributed by atoms with van der Waals surface area (Å²) in [6, 6.07) is 23.9. The molecule has 162 valence electrons. The van der Waals surface area contributed by atoms with Crippen LogP contribution in [0.25, 0.3) is 16.6 Å². The van der Waals surface area contributed by atoms with E-state index in [4.69, 9.17) is 16.6 Å². The highest BCUT2D eigenvalue weighted by atomic mass is 35.5. The van der Waals surface area contributed by atoms with Gasteiger partial charge in [0, 0.05) is 0 Å². The van der Waals surface area contributed by atoms with E-state index in [1.807, 2.05) is 49.4 Å². The summed E-state index contributed by atoms with van der Waals surface area (Å²) in [6.45, 7) is 3.74. The number of amides is 1. The molecule has 1 aromatic heterocycles. The molecule has 0 spiro atoms. The minimum absolute atomic E-state index is 0.137. The minimum Gasteiger partial charge on any atom is -0.349 e. The van der Waals surface area contributed by atoms with Crippen LogP contribution in [0.15, 0.2) is 88.8 Å². The topological polar surface area (TPSA) is 64.0 Å². The van der Waals surface area contributed by atoms with E-state index in [1.54, 1.807) is 43.3 Å². The van der Waals surface area contributed by atoms with Gasteiger partial charge in [-0.2, -0.15) is 0 Å². The number of carbonyl (C=O) groups excluding carboxylic acids is 1. The Balaban J connectivity index is 1.69. The first-order chi connectivity index (χ1) is 15.5. The molecule has 32 heavy (non-hydrogen) atoms. The fraction of sp³-hybridized carbons (Fsp3) is 0.160. The van der Waals surface area contributed by atoms with E-state index in [0.717, 1.165) is 5.56 Å². The van der Waals surface area contributed by atoms with E-state index in [2.05, 4.69) is 5.32 Å². The van der Waals surface area contributed by atoms with Crippen LogP contribution in [0.1, 0.15) is 25.5 Å². The third-order valence-electron chi connectivity index (χ3n) is 5.15. The molecule has 5 nitrogen and oxygen atoms in total. The van der Waals surface area contributed by atoms with Crippen molar-refractivity contribution in [2.45, 2.75) is 30.3 Å². The van der Waals surface area contributed by atoms with Crippen molar-refractivity contribution in [3.8, 4) is 5.69 Å². The summed E-state index contributed by atoms with van der Waals surface area (Å²) in [5.41, 5.74) is 1.91. The van der Waals surface area contributed by atoms with Gasteiger partial charge in [0.15, 0.2) is 5.16 Å². The van der Waals surface area contributed by atoms with Crippen molar-refractivity contribution < 1.29 is 4.79 Å². The smallest absolute Gasteiger partial charge is 0.266 e. The van der Waals surface area contributed by atoms with Gasteiger partial charge in [-0.25, -0.2) is 4.98 Å². The van der Waals surface area contributed by atoms with Gasteiger partial charge in [0.05, 0.1) is 32.9 Å².